The summed E-state index contributed by atoms with van der Waals surface area (Å²) in [6, 6.07) is 12.5. The maximum Gasteiger partial charge on any atom is 0.253 e. The number of ether oxygens (including phenoxy) is 2. The highest BCUT2D eigenvalue weighted by Crippen LogP contribution is 2.23. The summed E-state index contributed by atoms with van der Waals surface area (Å²) in [6.45, 7) is 2.14. The Bertz CT molecular complexity index is 839. The molecule has 0 spiro atoms. The predicted octanol–water partition coefficient (Wildman–Crippen LogP) is 3.27. The van der Waals surface area contributed by atoms with Crippen LogP contribution in [0.4, 0.5) is 0 Å². The maximum absolute atomic E-state index is 12.6. The number of hydrogen-bond donors (Lipinski definition) is 0. The minimum Gasteiger partial charge on any atom is -0.497 e. The van der Waals surface area contributed by atoms with Gasteiger partial charge < -0.3 is 19.3 Å². The Kier molecular flexibility index (Phi) is 6.99. The smallest absolute Gasteiger partial charge is 0.253 e. The van der Waals surface area contributed by atoms with Gasteiger partial charge >= 0.3 is 0 Å². The standard InChI is InChI=1S/C22H25ClN2O4/c1-28-19-13-16(14-20(15-19)29-2)3-8-21(26)24-9-11-25(12-10-24)22(27)17-4-6-18(23)7-5-17/h4-7,13-15H,3,8-12H2,1-2H3. The van der Waals surface area contributed by atoms with E-state index < -0.39 is 0 Å². The van der Waals surface area contributed by atoms with Gasteiger partial charge in [0.25, 0.3) is 5.91 Å². The summed E-state index contributed by atoms with van der Waals surface area (Å²) in [5, 5.41) is 0.602. The Hall–Kier alpha value is -2.73. The molecule has 0 bridgehead atoms. The van der Waals surface area contributed by atoms with Crippen LogP contribution in [0.3, 0.4) is 0 Å². The fraction of sp³-hybridized carbons (Fsp3) is 0.364. The van der Waals surface area contributed by atoms with E-state index in [4.69, 9.17) is 21.1 Å². The third-order valence-electron chi connectivity index (χ3n) is 5.05. The summed E-state index contributed by atoms with van der Waals surface area (Å²) in [4.78, 5) is 28.8. The molecule has 1 saturated heterocycles. The van der Waals surface area contributed by atoms with Gasteiger partial charge in [0.15, 0.2) is 0 Å². The Morgan fingerprint density at radius 1 is 0.897 bits per heavy atom. The third kappa shape index (κ3) is 5.41. The van der Waals surface area contributed by atoms with Crippen LogP contribution in [0.2, 0.25) is 5.02 Å². The first-order valence-electron chi connectivity index (χ1n) is 9.54. The van der Waals surface area contributed by atoms with Crippen molar-refractivity contribution in [2.24, 2.45) is 0 Å². The van der Waals surface area contributed by atoms with Gasteiger partial charge in [0.2, 0.25) is 5.91 Å². The van der Waals surface area contributed by atoms with E-state index in [1.165, 1.54) is 0 Å². The topological polar surface area (TPSA) is 59.1 Å². The van der Waals surface area contributed by atoms with Crippen molar-refractivity contribution in [2.75, 3.05) is 40.4 Å². The van der Waals surface area contributed by atoms with Gasteiger partial charge in [-0.1, -0.05) is 11.6 Å². The highest BCUT2D eigenvalue weighted by Gasteiger charge is 2.24. The highest BCUT2D eigenvalue weighted by atomic mass is 35.5. The van der Waals surface area contributed by atoms with Crippen LogP contribution in [-0.4, -0.2) is 62.0 Å². The number of carbonyl (C=O) groups is 2. The van der Waals surface area contributed by atoms with Crippen molar-refractivity contribution in [3.63, 3.8) is 0 Å². The molecule has 1 heterocycles. The molecule has 0 unspecified atom stereocenters. The van der Waals surface area contributed by atoms with Gasteiger partial charge in [-0.3, -0.25) is 9.59 Å². The van der Waals surface area contributed by atoms with Gasteiger partial charge in [-0.05, 0) is 48.4 Å². The van der Waals surface area contributed by atoms with Crippen LogP contribution in [0.5, 0.6) is 11.5 Å². The van der Waals surface area contributed by atoms with Gasteiger partial charge in [0, 0.05) is 49.3 Å². The number of rotatable bonds is 6. The zero-order chi connectivity index (χ0) is 20.8. The first-order valence-corrected chi connectivity index (χ1v) is 9.92. The molecule has 1 fully saturated rings. The first-order chi connectivity index (χ1) is 14.0. The van der Waals surface area contributed by atoms with E-state index in [0.29, 0.717) is 61.1 Å². The number of amides is 2. The van der Waals surface area contributed by atoms with Crippen molar-refractivity contribution < 1.29 is 19.1 Å². The summed E-state index contributed by atoms with van der Waals surface area (Å²) in [6.07, 6.45) is 1.01. The molecule has 0 radical (unpaired) electrons. The first kappa shape index (κ1) is 21.0. The molecule has 3 rings (SSSR count). The summed E-state index contributed by atoms with van der Waals surface area (Å²) < 4.78 is 10.6. The number of aryl methyl sites for hydroxylation is 1. The van der Waals surface area contributed by atoms with E-state index in [9.17, 15) is 9.59 Å². The largest absolute Gasteiger partial charge is 0.497 e. The Balaban J connectivity index is 1.51. The molecule has 1 aliphatic heterocycles. The molecule has 7 heteroatoms. The molecule has 2 aromatic carbocycles. The molecule has 0 atom stereocenters. The van der Waals surface area contributed by atoms with E-state index >= 15 is 0 Å². The lowest BCUT2D eigenvalue weighted by molar-refractivity contribution is -0.132. The Morgan fingerprint density at radius 3 is 2.00 bits per heavy atom. The van der Waals surface area contributed by atoms with Crippen LogP contribution in [0, 0.1) is 0 Å². The van der Waals surface area contributed by atoms with Crippen LogP contribution in [0.15, 0.2) is 42.5 Å². The van der Waals surface area contributed by atoms with E-state index in [2.05, 4.69) is 0 Å². The SMILES string of the molecule is COc1cc(CCC(=O)N2CCN(C(=O)c3ccc(Cl)cc3)CC2)cc(OC)c1. The lowest BCUT2D eigenvalue weighted by atomic mass is 10.1. The second-order valence-corrected chi connectivity index (χ2v) is 7.34. The minimum atomic E-state index is -0.0303. The van der Waals surface area contributed by atoms with Crippen molar-refractivity contribution in [3.8, 4) is 11.5 Å². The molecule has 154 valence electrons. The highest BCUT2D eigenvalue weighted by molar-refractivity contribution is 6.30. The molecule has 6 nitrogen and oxygen atoms in total. The van der Waals surface area contributed by atoms with Gasteiger partial charge in [0.05, 0.1) is 14.2 Å². The molecule has 2 amide bonds. The second kappa shape index (κ2) is 9.65. The minimum absolute atomic E-state index is 0.0303. The normalized spacial score (nSPS) is 13.9. The summed E-state index contributed by atoms with van der Waals surface area (Å²) in [5.41, 5.74) is 1.60. The summed E-state index contributed by atoms with van der Waals surface area (Å²) in [7, 11) is 3.21. The maximum atomic E-state index is 12.6. The number of carbonyl (C=O) groups excluding carboxylic acids is 2. The van der Waals surface area contributed by atoms with Gasteiger partial charge in [0.1, 0.15) is 11.5 Å². The quantitative estimate of drug-likeness (QED) is 0.725. The number of methoxy groups -OCH3 is 2. The fourth-order valence-electron chi connectivity index (χ4n) is 3.35. The molecule has 29 heavy (non-hydrogen) atoms. The molecule has 2 aromatic rings. The Labute approximate surface area is 176 Å². The van der Waals surface area contributed by atoms with E-state index in [1.54, 1.807) is 43.4 Å². The van der Waals surface area contributed by atoms with Crippen LogP contribution in [0.25, 0.3) is 0 Å². The van der Waals surface area contributed by atoms with Gasteiger partial charge in [-0.15, -0.1) is 0 Å². The van der Waals surface area contributed by atoms with Gasteiger partial charge in [-0.2, -0.15) is 0 Å². The van der Waals surface area contributed by atoms with E-state index in [1.807, 2.05) is 23.1 Å². The molecule has 1 aliphatic rings. The molecule has 0 saturated carbocycles. The average Bonchev–Trinajstić information content (AvgIpc) is 2.77. The van der Waals surface area contributed by atoms with E-state index in [0.717, 1.165) is 5.56 Å². The van der Waals surface area contributed by atoms with Crippen LogP contribution >= 0.6 is 11.6 Å². The molecular formula is C22H25ClN2O4. The number of benzene rings is 2. The molecular weight excluding hydrogens is 392 g/mol. The van der Waals surface area contributed by atoms with Crippen molar-refractivity contribution in [1.29, 1.82) is 0 Å². The van der Waals surface area contributed by atoms with Crippen molar-refractivity contribution in [1.82, 2.24) is 9.80 Å². The lowest BCUT2D eigenvalue weighted by Crippen LogP contribution is -2.50. The predicted molar refractivity (Wildman–Crippen MR) is 112 cm³/mol. The lowest BCUT2D eigenvalue weighted by Gasteiger charge is -2.35. The van der Waals surface area contributed by atoms with Crippen LogP contribution in [-0.2, 0) is 11.2 Å². The van der Waals surface area contributed by atoms with Crippen molar-refractivity contribution in [3.05, 3.63) is 58.6 Å². The fourth-order valence-corrected chi connectivity index (χ4v) is 3.48. The zero-order valence-electron chi connectivity index (χ0n) is 16.7. The second-order valence-electron chi connectivity index (χ2n) is 6.90. The van der Waals surface area contributed by atoms with E-state index in [-0.39, 0.29) is 11.8 Å². The molecule has 0 aliphatic carbocycles. The Morgan fingerprint density at radius 2 is 1.45 bits per heavy atom. The van der Waals surface area contributed by atoms with Crippen LogP contribution in [0.1, 0.15) is 22.3 Å². The number of halogens is 1. The van der Waals surface area contributed by atoms with Crippen LogP contribution < -0.4 is 9.47 Å². The summed E-state index contributed by atoms with van der Waals surface area (Å²) >= 11 is 5.88. The van der Waals surface area contributed by atoms with Crippen molar-refractivity contribution in [2.45, 2.75) is 12.8 Å². The zero-order valence-corrected chi connectivity index (χ0v) is 17.4. The number of hydrogen-bond acceptors (Lipinski definition) is 4. The number of piperazine rings is 1. The van der Waals surface area contributed by atoms with Crippen molar-refractivity contribution >= 4 is 23.4 Å². The third-order valence-corrected chi connectivity index (χ3v) is 5.30. The summed E-state index contributed by atoms with van der Waals surface area (Å²) in [5.74, 6) is 1.48. The molecule has 0 N–H and O–H groups in total. The number of nitrogens with zero attached hydrogens (tertiary/aromatic N) is 2. The molecule has 0 aromatic heterocycles. The monoisotopic (exact) mass is 416 g/mol. The van der Waals surface area contributed by atoms with Gasteiger partial charge in [-0.25, -0.2) is 0 Å². The average molecular weight is 417 g/mol.